The molecule has 92 valence electrons. The summed E-state index contributed by atoms with van der Waals surface area (Å²) in [6, 6.07) is 4.48. The molecule has 0 atom stereocenters. The van der Waals surface area contributed by atoms with E-state index >= 15 is 0 Å². The van der Waals surface area contributed by atoms with E-state index in [0.717, 1.165) is 0 Å². The summed E-state index contributed by atoms with van der Waals surface area (Å²) in [7, 11) is 1.40. The van der Waals surface area contributed by atoms with Crippen LogP contribution >= 0.6 is 11.6 Å². The highest BCUT2D eigenvalue weighted by Gasteiger charge is 2.13. The molecular formula is C10H10ClNO5. The van der Waals surface area contributed by atoms with Gasteiger partial charge in [0.05, 0.1) is 12.7 Å². The van der Waals surface area contributed by atoms with Crippen LogP contribution in [0.1, 0.15) is 10.4 Å². The van der Waals surface area contributed by atoms with E-state index in [-0.39, 0.29) is 5.56 Å². The number of methoxy groups -OCH3 is 1. The predicted molar refractivity (Wildman–Crippen MR) is 59.1 cm³/mol. The maximum absolute atomic E-state index is 11.6. The maximum atomic E-state index is 11.6. The van der Waals surface area contributed by atoms with Crippen LogP contribution in [0.15, 0.2) is 18.2 Å². The first-order chi connectivity index (χ1) is 8.04. The minimum atomic E-state index is -1.19. The Kier molecular flexibility index (Phi) is 4.74. The van der Waals surface area contributed by atoms with Gasteiger partial charge < -0.3 is 9.84 Å². The summed E-state index contributed by atoms with van der Waals surface area (Å²) >= 11 is 5.73. The molecule has 7 heteroatoms. The van der Waals surface area contributed by atoms with Gasteiger partial charge in [0.25, 0.3) is 5.91 Å². The van der Waals surface area contributed by atoms with Gasteiger partial charge in [-0.05, 0) is 18.2 Å². The molecule has 0 fully saturated rings. The van der Waals surface area contributed by atoms with E-state index in [9.17, 15) is 9.59 Å². The summed E-state index contributed by atoms with van der Waals surface area (Å²) in [4.78, 5) is 26.2. The van der Waals surface area contributed by atoms with Crippen molar-refractivity contribution in [1.29, 1.82) is 0 Å². The zero-order valence-electron chi connectivity index (χ0n) is 8.90. The highest BCUT2D eigenvalue weighted by molar-refractivity contribution is 6.31. The van der Waals surface area contributed by atoms with E-state index in [4.69, 9.17) is 21.4 Å². The third-order valence-electron chi connectivity index (χ3n) is 1.77. The summed E-state index contributed by atoms with van der Waals surface area (Å²) in [5.41, 5.74) is 2.13. The molecule has 6 nitrogen and oxygen atoms in total. The van der Waals surface area contributed by atoms with Gasteiger partial charge >= 0.3 is 5.97 Å². The van der Waals surface area contributed by atoms with Crippen molar-refractivity contribution in [2.24, 2.45) is 0 Å². The number of nitrogens with one attached hydrogen (secondary N) is 1. The van der Waals surface area contributed by atoms with Crippen molar-refractivity contribution in [2.75, 3.05) is 13.7 Å². The smallest absolute Gasteiger partial charge is 0.332 e. The molecular weight excluding hydrogens is 250 g/mol. The number of halogens is 1. The van der Waals surface area contributed by atoms with E-state index in [2.05, 4.69) is 4.84 Å². The van der Waals surface area contributed by atoms with Crippen LogP contribution in [-0.4, -0.2) is 30.7 Å². The Balaban J connectivity index is 2.73. The van der Waals surface area contributed by atoms with Gasteiger partial charge in [0.15, 0.2) is 6.61 Å². The third-order valence-corrected chi connectivity index (χ3v) is 2.00. The van der Waals surface area contributed by atoms with Crippen molar-refractivity contribution in [3.05, 3.63) is 28.8 Å². The fourth-order valence-corrected chi connectivity index (χ4v) is 1.25. The lowest BCUT2D eigenvalue weighted by Gasteiger charge is -2.08. The summed E-state index contributed by atoms with van der Waals surface area (Å²) in [5, 5.41) is 8.68. The molecule has 1 aromatic carbocycles. The molecule has 0 bridgehead atoms. The van der Waals surface area contributed by atoms with Gasteiger partial charge in [0, 0.05) is 5.02 Å². The standard InChI is InChI=1S/C10H10ClNO5/c1-16-8-3-2-6(11)4-7(8)10(15)12-17-5-9(13)14/h2-4H,5H2,1H3,(H,12,15)(H,13,14). The molecule has 0 heterocycles. The zero-order chi connectivity index (χ0) is 12.8. The highest BCUT2D eigenvalue weighted by Crippen LogP contribution is 2.22. The Morgan fingerprint density at radius 1 is 1.47 bits per heavy atom. The van der Waals surface area contributed by atoms with Gasteiger partial charge in [0.1, 0.15) is 5.75 Å². The minimum Gasteiger partial charge on any atom is -0.496 e. The number of hydrogen-bond acceptors (Lipinski definition) is 4. The Morgan fingerprint density at radius 2 is 2.18 bits per heavy atom. The van der Waals surface area contributed by atoms with Crippen molar-refractivity contribution in [1.82, 2.24) is 5.48 Å². The lowest BCUT2D eigenvalue weighted by molar-refractivity contribution is -0.144. The van der Waals surface area contributed by atoms with Crippen LogP contribution in [0.25, 0.3) is 0 Å². The minimum absolute atomic E-state index is 0.158. The molecule has 1 aromatic rings. The van der Waals surface area contributed by atoms with Crippen LogP contribution in [0.2, 0.25) is 5.02 Å². The van der Waals surface area contributed by atoms with E-state index in [1.807, 2.05) is 5.48 Å². The molecule has 1 rings (SSSR count). The average molecular weight is 260 g/mol. The third kappa shape index (κ3) is 3.93. The normalized spacial score (nSPS) is 9.76. The predicted octanol–water partition coefficient (Wildman–Crippen LogP) is 1.09. The number of benzene rings is 1. The molecule has 0 aliphatic carbocycles. The Hall–Kier alpha value is -1.79. The second kappa shape index (κ2) is 6.07. The molecule has 2 N–H and O–H groups in total. The fourth-order valence-electron chi connectivity index (χ4n) is 1.08. The summed E-state index contributed by atoms with van der Waals surface area (Å²) in [6.07, 6.45) is 0. The molecule has 0 saturated heterocycles. The van der Waals surface area contributed by atoms with E-state index in [1.54, 1.807) is 6.07 Å². The number of hydroxylamine groups is 1. The molecule has 0 unspecified atom stereocenters. The van der Waals surface area contributed by atoms with Crippen molar-refractivity contribution >= 4 is 23.5 Å². The molecule has 0 aliphatic rings. The van der Waals surface area contributed by atoms with Gasteiger partial charge in [-0.25, -0.2) is 10.3 Å². The maximum Gasteiger partial charge on any atom is 0.332 e. The highest BCUT2D eigenvalue weighted by atomic mass is 35.5. The average Bonchev–Trinajstić information content (AvgIpc) is 2.28. The second-order valence-corrected chi connectivity index (χ2v) is 3.39. The SMILES string of the molecule is COc1ccc(Cl)cc1C(=O)NOCC(=O)O. The molecule has 0 aliphatic heterocycles. The Morgan fingerprint density at radius 3 is 2.76 bits per heavy atom. The molecule has 0 saturated carbocycles. The van der Waals surface area contributed by atoms with Crippen LogP contribution in [0.5, 0.6) is 5.75 Å². The Bertz CT molecular complexity index is 435. The number of rotatable bonds is 5. The van der Waals surface area contributed by atoms with Gasteiger partial charge in [-0.3, -0.25) is 9.63 Å². The summed E-state index contributed by atoms with van der Waals surface area (Å²) in [6.45, 7) is -0.630. The van der Waals surface area contributed by atoms with E-state index in [1.165, 1.54) is 19.2 Å². The summed E-state index contributed by atoms with van der Waals surface area (Å²) < 4.78 is 4.96. The number of carbonyl (C=O) groups excluding carboxylic acids is 1. The van der Waals surface area contributed by atoms with Crippen molar-refractivity contribution in [3.8, 4) is 5.75 Å². The lowest BCUT2D eigenvalue weighted by atomic mass is 10.2. The van der Waals surface area contributed by atoms with Gasteiger partial charge in [-0.15, -0.1) is 0 Å². The molecule has 0 radical (unpaired) electrons. The van der Waals surface area contributed by atoms with Crippen LogP contribution in [0, 0.1) is 0 Å². The van der Waals surface area contributed by atoms with Crippen molar-refractivity contribution < 1.29 is 24.3 Å². The van der Waals surface area contributed by atoms with Crippen LogP contribution < -0.4 is 10.2 Å². The number of carbonyl (C=O) groups is 2. The monoisotopic (exact) mass is 259 g/mol. The fraction of sp³-hybridized carbons (Fsp3) is 0.200. The molecule has 0 aromatic heterocycles. The molecule has 0 spiro atoms. The zero-order valence-corrected chi connectivity index (χ0v) is 9.65. The largest absolute Gasteiger partial charge is 0.496 e. The first-order valence-corrected chi connectivity index (χ1v) is 4.90. The topological polar surface area (TPSA) is 84.9 Å². The van der Waals surface area contributed by atoms with E-state index in [0.29, 0.717) is 10.8 Å². The van der Waals surface area contributed by atoms with E-state index < -0.39 is 18.5 Å². The van der Waals surface area contributed by atoms with Crippen LogP contribution in [0.4, 0.5) is 0 Å². The first kappa shape index (κ1) is 13.3. The van der Waals surface area contributed by atoms with Crippen LogP contribution in [-0.2, 0) is 9.63 Å². The second-order valence-electron chi connectivity index (χ2n) is 2.96. The first-order valence-electron chi connectivity index (χ1n) is 4.52. The number of ether oxygens (including phenoxy) is 1. The van der Waals surface area contributed by atoms with Gasteiger partial charge in [-0.2, -0.15) is 0 Å². The quantitative estimate of drug-likeness (QED) is 0.774. The number of carboxylic acid groups (broad SMARTS) is 1. The lowest BCUT2D eigenvalue weighted by Crippen LogP contribution is -2.27. The number of carboxylic acids is 1. The molecule has 17 heavy (non-hydrogen) atoms. The van der Waals surface area contributed by atoms with Crippen LogP contribution in [0.3, 0.4) is 0 Å². The number of aliphatic carboxylic acids is 1. The van der Waals surface area contributed by atoms with Gasteiger partial charge in [0.2, 0.25) is 0 Å². The van der Waals surface area contributed by atoms with Crippen molar-refractivity contribution in [2.45, 2.75) is 0 Å². The Labute approximate surface area is 102 Å². The van der Waals surface area contributed by atoms with Crippen molar-refractivity contribution in [3.63, 3.8) is 0 Å². The van der Waals surface area contributed by atoms with Gasteiger partial charge in [-0.1, -0.05) is 11.6 Å². The number of hydrogen-bond donors (Lipinski definition) is 2. The number of amides is 1. The molecule has 1 amide bonds. The summed E-state index contributed by atoms with van der Waals surface area (Å²) in [5.74, 6) is -1.51.